The van der Waals surface area contributed by atoms with E-state index in [9.17, 15) is 34.8 Å². The highest BCUT2D eigenvalue weighted by atomic mass is 32.2. The first-order valence-electron chi connectivity index (χ1n) is 12.4. The molecule has 4 rings (SSSR count). The van der Waals surface area contributed by atoms with Gasteiger partial charge in [-0.05, 0) is 41.5 Å². The molecule has 1 aromatic heterocycles. The number of nitrogens with one attached hydrogen (secondary N) is 1. The summed E-state index contributed by atoms with van der Waals surface area (Å²) in [5.74, 6) is -1.11. The molecule has 39 heavy (non-hydrogen) atoms. The lowest BCUT2D eigenvalue weighted by Gasteiger charge is -2.51. The van der Waals surface area contributed by atoms with Gasteiger partial charge in [-0.3, -0.25) is 4.79 Å². The minimum Gasteiger partial charge on any atom is -0.457 e. The van der Waals surface area contributed by atoms with Crippen LogP contribution < -0.4 is 5.32 Å². The van der Waals surface area contributed by atoms with E-state index in [0.717, 1.165) is 4.68 Å². The van der Waals surface area contributed by atoms with Gasteiger partial charge in [-0.15, -0.1) is 16.9 Å². The van der Waals surface area contributed by atoms with Crippen molar-refractivity contribution in [1.29, 1.82) is 0 Å². The van der Waals surface area contributed by atoms with Crippen molar-refractivity contribution in [3.63, 3.8) is 0 Å². The summed E-state index contributed by atoms with van der Waals surface area (Å²) in [4.78, 5) is 40.1. The van der Waals surface area contributed by atoms with Gasteiger partial charge in [-0.2, -0.15) is 0 Å². The smallest absolute Gasteiger partial charge is 0.408 e. The third kappa shape index (κ3) is 5.32. The van der Waals surface area contributed by atoms with Gasteiger partial charge in [0.25, 0.3) is 5.91 Å². The summed E-state index contributed by atoms with van der Waals surface area (Å²) in [6.07, 6.45) is -6.46. The number of amides is 2. The van der Waals surface area contributed by atoms with E-state index in [4.69, 9.17) is 14.2 Å². The lowest BCUT2D eigenvalue weighted by atomic mass is 9.86. The summed E-state index contributed by atoms with van der Waals surface area (Å²) in [5.41, 5.74) is -1.81. The van der Waals surface area contributed by atoms with E-state index in [-0.39, 0.29) is 12.3 Å². The number of alkyl carbamates (subject to hydrolysis) is 1. The predicted molar refractivity (Wildman–Crippen MR) is 133 cm³/mol. The molecule has 0 spiro atoms. The van der Waals surface area contributed by atoms with Crippen molar-refractivity contribution in [2.24, 2.45) is 0 Å². The van der Waals surface area contributed by atoms with E-state index in [0.29, 0.717) is 0 Å². The number of β-lactam (4-membered cyclic amide) rings is 1. The number of fused-ring (bicyclic) bond motifs is 1. The number of aliphatic hydroxyl groups is 4. The monoisotopic (exact) mass is 573 g/mol. The van der Waals surface area contributed by atoms with Crippen LogP contribution in [0.2, 0.25) is 0 Å². The molecule has 16 heteroatoms. The van der Waals surface area contributed by atoms with Gasteiger partial charge >= 0.3 is 12.1 Å². The fourth-order valence-corrected chi connectivity index (χ4v) is 6.50. The minimum atomic E-state index is -1.59. The Labute approximate surface area is 228 Å². The molecular formula is C23H35N5O10S. The molecule has 3 aliphatic rings. The number of carbonyl (C=O) groups excluding carboxylic acids is 3. The fourth-order valence-electron chi connectivity index (χ4n) is 4.86. The molecule has 0 radical (unpaired) electrons. The first-order valence-corrected chi connectivity index (χ1v) is 13.3. The first kappa shape index (κ1) is 29.5. The number of aromatic nitrogens is 3. The molecule has 2 amide bonds. The normalized spacial score (nSPS) is 35.7. The van der Waals surface area contributed by atoms with Crippen molar-refractivity contribution < 1.29 is 49.0 Å². The molecule has 4 heterocycles. The fraction of sp³-hybridized carbons (Fsp3) is 0.783. The van der Waals surface area contributed by atoms with Crippen LogP contribution in [0, 0.1) is 0 Å². The molecule has 5 N–H and O–H groups in total. The number of hydrogen-bond acceptors (Lipinski definition) is 13. The summed E-state index contributed by atoms with van der Waals surface area (Å²) in [6, 6.07) is -0.936. The molecule has 0 aromatic carbocycles. The Kier molecular flexibility index (Phi) is 7.68. The van der Waals surface area contributed by atoms with Crippen LogP contribution in [0.3, 0.4) is 0 Å². The second-order valence-corrected chi connectivity index (χ2v) is 13.3. The van der Waals surface area contributed by atoms with Crippen molar-refractivity contribution >= 4 is 29.7 Å². The van der Waals surface area contributed by atoms with Crippen molar-refractivity contribution in [2.75, 3.05) is 6.61 Å². The third-order valence-corrected chi connectivity index (χ3v) is 8.56. The summed E-state index contributed by atoms with van der Waals surface area (Å²) in [7, 11) is 0. The molecule has 0 aliphatic carbocycles. The van der Waals surface area contributed by atoms with Crippen LogP contribution in [0.15, 0.2) is 6.20 Å². The van der Waals surface area contributed by atoms with Gasteiger partial charge in [0.2, 0.25) is 0 Å². The highest BCUT2D eigenvalue weighted by Gasteiger charge is 2.70. The number of nitrogens with zero attached hydrogens (tertiary/aromatic N) is 4. The third-order valence-electron chi connectivity index (χ3n) is 6.81. The van der Waals surface area contributed by atoms with E-state index in [2.05, 4.69) is 15.6 Å². The maximum Gasteiger partial charge on any atom is 0.408 e. The molecule has 8 atom stereocenters. The molecule has 0 unspecified atom stereocenters. The van der Waals surface area contributed by atoms with Crippen molar-refractivity contribution in [2.45, 2.75) is 106 Å². The highest BCUT2D eigenvalue weighted by molar-refractivity contribution is 8.01. The molecule has 218 valence electrons. The summed E-state index contributed by atoms with van der Waals surface area (Å²) in [6.45, 7) is 9.43. The molecule has 3 fully saturated rings. The largest absolute Gasteiger partial charge is 0.457 e. The maximum absolute atomic E-state index is 13.2. The zero-order valence-corrected chi connectivity index (χ0v) is 23.3. The van der Waals surface area contributed by atoms with Crippen molar-refractivity contribution in [3.8, 4) is 0 Å². The van der Waals surface area contributed by atoms with Crippen LogP contribution in [0.25, 0.3) is 0 Å². The average Bonchev–Trinajstić information content (AvgIpc) is 3.40. The average molecular weight is 574 g/mol. The SMILES string of the molecule is CC(C)(C)OC(=O)N[C@]1(C)C(=O)N2[C@@H](C(=O)OCc3cn([C@@H]4O[C@H](CO)[C@@H](O)[C@H](O)[C@H]4O)nn3)C(C)(C)S[C@@H]21. The van der Waals surface area contributed by atoms with Gasteiger partial charge in [-0.25, -0.2) is 14.3 Å². The summed E-state index contributed by atoms with van der Waals surface area (Å²) < 4.78 is 16.6. The molecule has 3 aliphatic heterocycles. The molecule has 1 aromatic rings. The van der Waals surface area contributed by atoms with Crippen LogP contribution >= 0.6 is 11.8 Å². The van der Waals surface area contributed by atoms with Gasteiger partial charge in [0.05, 0.1) is 12.8 Å². The number of thioether (sulfide) groups is 1. The molecule has 3 saturated heterocycles. The second kappa shape index (κ2) is 10.2. The molecule has 15 nitrogen and oxygen atoms in total. The Morgan fingerprint density at radius 2 is 1.85 bits per heavy atom. The lowest BCUT2D eigenvalue weighted by Crippen LogP contribution is -2.78. The van der Waals surface area contributed by atoms with Crippen molar-refractivity contribution in [3.05, 3.63) is 11.9 Å². The number of carbonyl (C=O) groups is 3. The Bertz CT molecular complexity index is 1120. The van der Waals surface area contributed by atoms with Crippen LogP contribution in [-0.2, 0) is 30.4 Å². The molecule has 0 bridgehead atoms. The molecular weight excluding hydrogens is 538 g/mol. The van der Waals surface area contributed by atoms with E-state index in [1.807, 2.05) is 0 Å². The Morgan fingerprint density at radius 1 is 1.18 bits per heavy atom. The number of aliphatic hydroxyl groups excluding tert-OH is 4. The zero-order valence-electron chi connectivity index (χ0n) is 22.5. The summed E-state index contributed by atoms with van der Waals surface area (Å²) >= 11 is 1.37. The van der Waals surface area contributed by atoms with Gasteiger partial charge in [0.15, 0.2) is 6.23 Å². The van der Waals surface area contributed by atoms with E-state index in [1.165, 1.54) is 22.9 Å². The Morgan fingerprint density at radius 3 is 2.46 bits per heavy atom. The zero-order chi connectivity index (χ0) is 29.1. The first-order chi connectivity index (χ1) is 18.0. The number of rotatable bonds is 6. The topological polar surface area (TPSA) is 206 Å². The van der Waals surface area contributed by atoms with Crippen LogP contribution in [0.5, 0.6) is 0 Å². The van der Waals surface area contributed by atoms with Gasteiger partial charge in [-0.1, -0.05) is 5.21 Å². The number of esters is 1. The van der Waals surface area contributed by atoms with Crippen LogP contribution in [-0.4, -0.2) is 117 Å². The minimum absolute atomic E-state index is 0.187. The quantitative estimate of drug-likeness (QED) is 0.197. The Hall–Kier alpha value is -2.50. The highest BCUT2D eigenvalue weighted by Crippen LogP contribution is 2.55. The second-order valence-electron chi connectivity index (χ2n) is 11.5. The van der Waals surface area contributed by atoms with Gasteiger partial charge in [0, 0.05) is 4.75 Å². The van der Waals surface area contributed by atoms with Crippen LogP contribution in [0.1, 0.15) is 53.5 Å². The Balaban J connectivity index is 1.40. The van der Waals surface area contributed by atoms with E-state index in [1.54, 1.807) is 41.5 Å². The van der Waals surface area contributed by atoms with E-state index >= 15 is 0 Å². The summed E-state index contributed by atoms with van der Waals surface area (Å²) in [5, 5.41) is 49.5. The number of ether oxygens (including phenoxy) is 3. The predicted octanol–water partition coefficient (Wildman–Crippen LogP) is -1.36. The van der Waals surface area contributed by atoms with Crippen molar-refractivity contribution in [1.82, 2.24) is 25.2 Å². The molecule has 0 saturated carbocycles. The van der Waals surface area contributed by atoms with Gasteiger partial charge in [0.1, 0.15) is 59.3 Å². The maximum atomic E-state index is 13.2. The van der Waals surface area contributed by atoms with E-state index < -0.39 is 82.5 Å². The van der Waals surface area contributed by atoms with Crippen LogP contribution in [0.4, 0.5) is 4.79 Å². The standard InChI is InChI=1S/C23H35N5O10S/c1-21(2,3)38-20(35)24-23(6)18(34)28-15(22(4,5)39-19(23)28)17(33)36-9-10-7-27(26-25-10)16-14(32)13(31)12(30)11(8-29)37-16/h7,11-16,19,29-32H,8-9H2,1-6H3,(H,24,35)/t11-,12-,13+,14-,15+,16-,19-,23-/m1/s1. The lowest BCUT2D eigenvalue weighted by molar-refractivity contribution is -0.254. The number of hydrogen-bond donors (Lipinski definition) is 5. The van der Waals surface area contributed by atoms with Gasteiger partial charge < -0.3 is 44.9 Å².